The minimum atomic E-state index is 0.113. The van der Waals surface area contributed by atoms with Crippen LogP contribution in [0.15, 0.2) is 27.6 Å². The van der Waals surface area contributed by atoms with Gasteiger partial charge in [0.1, 0.15) is 0 Å². The number of carbonyl (C=O) groups is 1. The fraction of sp³-hybridized carbons (Fsp3) is 0.364. The molecule has 0 aliphatic carbocycles. The lowest BCUT2D eigenvalue weighted by Gasteiger charge is -2.29. The standard InChI is InChI=1S/C11H13BrN2OS/c12-8-1-2-10-9(7-8)14(5-6-16-10)11(15)3-4-13/h1-2,7H,3-6,13H2. The highest BCUT2D eigenvalue weighted by Crippen LogP contribution is 2.36. The molecule has 1 aliphatic rings. The lowest BCUT2D eigenvalue weighted by atomic mass is 10.2. The molecule has 1 aromatic rings. The minimum absolute atomic E-state index is 0.113. The summed E-state index contributed by atoms with van der Waals surface area (Å²) in [5.74, 6) is 1.06. The van der Waals surface area contributed by atoms with Gasteiger partial charge in [0, 0.05) is 34.6 Å². The Hall–Kier alpha value is -0.520. The van der Waals surface area contributed by atoms with Gasteiger partial charge < -0.3 is 10.6 Å². The number of thioether (sulfide) groups is 1. The minimum Gasteiger partial charge on any atom is -0.330 e. The van der Waals surface area contributed by atoms with Crippen LogP contribution in [0.4, 0.5) is 5.69 Å². The third-order valence-corrected chi connectivity index (χ3v) is 3.98. The lowest BCUT2D eigenvalue weighted by Crippen LogP contribution is -2.36. The number of hydrogen-bond acceptors (Lipinski definition) is 3. The van der Waals surface area contributed by atoms with Crippen LogP contribution in [0.2, 0.25) is 0 Å². The molecule has 1 aromatic carbocycles. The van der Waals surface area contributed by atoms with Crippen LogP contribution in [0, 0.1) is 0 Å². The number of carbonyl (C=O) groups excluding carboxylic acids is 1. The largest absolute Gasteiger partial charge is 0.330 e. The molecule has 86 valence electrons. The smallest absolute Gasteiger partial charge is 0.228 e. The molecular weight excluding hydrogens is 288 g/mol. The Morgan fingerprint density at radius 3 is 3.12 bits per heavy atom. The van der Waals surface area contributed by atoms with Crippen molar-refractivity contribution in [3.63, 3.8) is 0 Å². The van der Waals surface area contributed by atoms with E-state index in [2.05, 4.69) is 15.9 Å². The third kappa shape index (κ3) is 2.42. The van der Waals surface area contributed by atoms with Crippen LogP contribution in [0.1, 0.15) is 6.42 Å². The van der Waals surface area contributed by atoms with Crippen molar-refractivity contribution < 1.29 is 4.79 Å². The monoisotopic (exact) mass is 300 g/mol. The van der Waals surface area contributed by atoms with Gasteiger partial charge in [0.2, 0.25) is 5.91 Å². The predicted molar refractivity (Wildman–Crippen MR) is 70.9 cm³/mol. The quantitative estimate of drug-likeness (QED) is 0.911. The first kappa shape index (κ1) is 12.0. The summed E-state index contributed by atoms with van der Waals surface area (Å²) >= 11 is 5.22. The van der Waals surface area contributed by atoms with E-state index >= 15 is 0 Å². The van der Waals surface area contributed by atoms with Crippen LogP contribution >= 0.6 is 27.7 Å². The number of nitrogens with two attached hydrogens (primary N) is 1. The molecule has 0 spiro atoms. The van der Waals surface area contributed by atoms with E-state index in [-0.39, 0.29) is 5.91 Å². The predicted octanol–water partition coefficient (Wildman–Crippen LogP) is 2.24. The van der Waals surface area contributed by atoms with Crippen molar-refractivity contribution in [1.29, 1.82) is 0 Å². The van der Waals surface area contributed by atoms with Gasteiger partial charge in [-0.1, -0.05) is 15.9 Å². The number of fused-ring (bicyclic) bond motifs is 1. The Morgan fingerprint density at radius 2 is 2.38 bits per heavy atom. The molecule has 3 nitrogen and oxygen atoms in total. The van der Waals surface area contributed by atoms with Gasteiger partial charge in [-0.25, -0.2) is 0 Å². The summed E-state index contributed by atoms with van der Waals surface area (Å²) in [6.07, 6.45) is 0.413. The van der Waals surface area contributed by atoms with E-state index in [4.69, 9.17) is 5.73 Å². The van der Waals surface area contributed by atoms with Crippen molar-refractivity contribution in [2.75, 3.05) is 23.7 Å². The van der Waals surface area contributed by atoms with E-state index in [0.29, 0.717) is 13.0 Å². The summed E-state index contributed by atoms with van der Waals surface area (Å²) in [6.45, 7) is 1.18. The fourth-order valence-corrected chi connectivity index (χ4v) is 3.03. The Labute approximate surface area is 108 Å². The highest BCUT2D eigenvalue weighted by molar-refractivity contribution is 9.10. The third-order valence-electron chi connectivity index (χ3n) is 2.44. The number of benzene rings is 1. The van der Waals surface area contributed by atoms with Crippen molar-refractivity contribution in [2.45, 2.75) is 11.3 Å². The summed E-state index contributed by atoms with van der Waals surface area (Å²) in [4.78, 5) is 14.9. The molecule has 2 N–H and O–H groups in total. The first-order chi connectivity index (χ1) is 7.72. The zero-order chi connectivity index (χ0) is 11.5. The van der Waals surface area contributed by atoms with Crippen LogP contribution in [0.25, 0.3) is 0 Å². The van der Waals surface area contributed by atoms with E-state index in [1.54, 1.807) is 11.8 Å². The molecule has 0 atom stereocenters. The summed E-state index contributed by atoms with van der Waals surface area (Å²) < 4.78 is 0.999. The summed E-state index contributed by atoms with van der Waals surface area (Å²) in [5.41, 5.74) is 6.43. The van der Waals surface area contributed by atoms with Crippen LogP contribution in [-0.4, -0.2) is 24.7 Å². The molecule has 1 amide bonds. The van der Waals surface area contributed by atoms with Crippen LogP contribution in [-0.2, 0) is 4.79 Å². The van der Waals surface area contributed by atoms with Crippen molar-refractivity contribution >= 4 is 39.3 Å². The van der Waals surface area contributed by atoms with E-state index < -0.39 is 0 Å². The molecule has 1 heterocycles. The normalized spacial score (nSPS) is 14.8. The maximum Gasteiger partial charge on any atom is 0.228 e. The van der Waals surface area contributed by atoms with Gasteiger partial charge in [-0.3, -0.25) is 4.79 Å². The van der Waals surface area contributed by atoms with E-state index in [1.165, 1.54) is 4.90 Å². The number of nitrogens with zero attached hydrogens (tertiary/aromatic N) is 1. The van der Waals surface area contributed by atoms with E-state index in [9.17, 15) is 4.79 Å². The molecule has 0 bridgehead atoms. The Kier molecular flexibility index (Phi) is 3.89. The Morgan fingerprint density at radius 1 is 1.56 bits per heavy atom. The Balaban J connectivity index is 2.31. The van der Waals surface area contributed by atoms with Crippen LogP contribution < -0.4 is 10.6 Å². The molecule has 1 aliphatic heterocycles. The van der Waals surface area contributed by atoms with Crippen molar-refractivity contribution in [3.8, 4) is 0 Å². The second-order valence-electron chi connectivity index (χ2n) is 3.54. The van der Waals surface area contributed by atoms with Gasteiger partial charge in [-0.15, -0.1) is 11.8 Å². The van der Waals surface area contributed by atoms with Crippen LogP contribution in [0.3, 0.4) is 0 Å². The van der Waals surface area contributed by atoms with Crippen molar-refractivity contribution in [2.24, 2.45) is 5.73 Å². The molecule has 0 aromatic heterocycles. The van der Waals surface area contributed by atoms with Crippen LogP contribution in [0.5, 0.6) is 0 Å². The van der Waals surface area contributed by atoms with Gasteiger partial charge >= 0.3 is 0 Å². The molecule has 0 saturated carbocycles. The first-order valence-corrected chi connectivity index (χ1v) is 6.93. The number of rotatable bonds is 2. The molecule has 0 radical (unpaired) electrons. The lowest BCUT2D eigenvalue weighted by molar-refractivity contribution is -0.118. The maximum atomic E-state index is 11.9. The highest BCUT2D eigenvalue weighted by Gasteiger charge is 2.22. The zero-order valence-corrected chi connectivity index (χ0v) is 11.2. The van der Waals surface area contributed by atoms with Gasteiger partial charge in [0.25, 0.3) is 0 Å². The van der Waals surface area contributed by atoms with Gasteiger partial charge in [-0.2, -0.15) is 0 Å². The van der Waals surface area contributed by atoms with E-state index in [0.717, 1.165) is 22.5 Å². The Bertz CT molecular complexity index is 411. The topological polar surface area (TPSA) is 46.3 Å². The second kappa shape index (κ2) is 5.21. The second-order valence-corrected chi connectivity index (χ2v) is 5.60. The molecule has 5 heteroatoms. The highest BCUT2D eigenvalue weighted by atomic mass is 79.9. The number of halogens is 1. The fourth-order valence-electron chi connectivity index (χ4n) is 1.71. The van der Waals surface area contributed by atoms with Gasteiger partial charge in [-0.05, 0) is 18.2 Å². The molecule has 0 saturated heterocycles. The van der Waals surface area contributed by atoms with Crippen molar-refractivity contribution in [3.05, 3.63) is 22.7 Å². The average molecular weight is 301 g/mol. The summed E-state index contributed by atoms with van der Waals surface area (Å²) in [6, 6.07) is 6.05. The molecular formula is C11H13BrN2OS. The van der Waals surface area contributed by atoms with Crippen molar-refractivity contribution in [1.82, 2.24) is 0 Å². The molecule has 16 heavy (non-hydrogen) atoms. The maximum absolute atomic E-state index is 11.9. The summed E-state index contributed by atoms with van der Waals surface area (Å²) in [5, 5.41) is 0. The molecule has 0 fully saturated rings. The van der Waals surface area contributed by atoms with Gasteiger partial charge in [0.05, 0.1) is 5.69 Å². The first-order valence-electron chi connectivity index (χ1n) is 5.15. The number of hydrogen-bond donors (Lipinski definition) is 1. The number of amides is 1. The zero-order valence-electron chi connectivity index (χ0n) is 8.78. The summed E-state index contributed by atoms with van der Waals surface area (Å²) in [7, 11) is 0. The average Bonchev–Trinajstić information content (AvgIpc) is 2.28. The number of anilines is 1. The molecule has 0 unspecified atom stereocenters. The molecule has 2 rings (SSSR count). The van der Waals surface area contributed by atoms with E-state index in [1.807, 2.05) is 23.1 Å². The van der Waals surface area contributed by atoms with Gasteiger partial charge in [0.15, 0.2) is 0 Å². The SMILES string of the molecule is NCCC(=O)N1CCSc2ccc(Br)cc21.